The average Bonchev–Trinajstić information content (AvgIpc) is 3.11. The fourth-order valence-electron chi connectivity index (χ4n) is 2.39. The van der Waals surface area contributed by atoms with Gasteiger partial charge in [0.05, 0.1) is 5.56 Å². The molecule has 0 spiro atoms. The molecule has 29 heavy (non-hydrogen) atoms. The zero-order valence-electron chi connectivity index (χ0n) is 14.3. The molecule has 3 aromatic rings. The van der Waals surface area contributed by atoms with E-state index in [1.807, 2.05) is 0 Å². The zero-order valence-corrected chi connectivity index (χ0v) is 14.3. The molecule has 0 aliphatic rings. The molecule has 3 rings (SSSR count). The number of carbonyl (C=O) groups excluding carboxylic acids is 1. The third-order valence-corrected chi connectivity index (χ3v) is 3.87. The van der Waals surface area contributed by atoms with Gasteiger partial charge in [0.2, 0.25) is 5.89 Å². The summed E-state index contributed by atoms with van der Waals surface area (Å²) in [6.45, 7) is 0. The predicted molar refractivity (Wildman–Crippen MR) is 88.2 cm³/mol. The van der Waals surface area contributed by atoms with Gasteiger partial charge < -0.3 is 9.15 Å². The van der Waals surface area contributed by atoms with Crippen molar-refractivity contribution in [1.82, 2.24) is 4.98 Å². The number of esters is 1. The normalized spacial score (nSPS) is 13.9. The Balaban J connectivity index is 2.13. The van der Waals surface area contributed by atoms with Crippen LogP contribution < -0.4 is 4.74 Å². The maximum atomic E-state index is 14.6. The summed E-state index contributed by atoms with van der Waals surface area (Å²) in [6, 6.07) is 14.1. The molecule has 10 heteroatoms. The molecule has 0 radical (unpaired) electrons. The Labute approximate surface area is 159 Å². The van der Waals surface area contributed by atoms with Gasteiger partial charge in [-0.1, -0.05) is 36.4 Å². The maximum Gasteiger partial charge on any atom is 0.434 e. The minimum atomic E-state index is -6.06. The highest BCUT2D eigenvalue weighted by Gasteiger charge is 2.67. The van der Waals surface area contributed by atoms with Gasteiger partial charge in [0.25, 0.3) is 6.43 Å². The Morgan fingerprint density at radius 3 is 2.00 bits per heavy atom. The van der Waals surface area contributed by atoms with Crippen molar-refractivity contribution >= 4 is 5.97 Å². The zero-order chi connectivity index (χ0) is 21.2. The van der Waals surface area contributed by atoms with E-state index in [1.54, 1.807) is 12.1 Å². The van der Waals surface area contributed by atoms with Crippen molar-refractivity contribution in [3.8, 4) is 17.4 Å². The number of nitrogens with zero attached hydrogens (tertiary/aromatic N) is 1. The Morgan fingerprint density at radius 1 is 0.931 bits per heavy atom. The van der Waals surface area contributed by atoms with E-state index >= 15 is 0 Å². The van der Waals surface area contributed by atoms with Gasteiger partial charge in [-0.2, -0.15) is 13.2 Å². The molecule has 4 nitrogen and oxygen atoms in total. The Morgan fingerprint density at radius 2 is 1.48 bits per heavy atom. The molecule has 152 valence electrons. The Hall–Kier alpha value is -3.30. The van der Waals surface area contributed by atoms with E-state index in [0.717, 1.165) is 0 Å². The first-order valence-electron chi connectivity index (χ1n) is 8.02. The van der Waals surface area contributed by atoms with E-state index in [0.29, 0.717) is 0 Å². The highest BCUT2D eigenvalue weighted by Crippen LogP contribution is 2.50. The van der Waals surface area contributed by atoms with Crippen molar-refractivity contribution < 1.29 is 40.3 Å². The fraction of sp³-hybridized carbons (Fsp3) is 0.158. The van der Waals surface area contributed by atoms with E-state index in [1.165, 1.54) is 48.5 Å². The van der Waals surface area contributed by atoms with Crippen molar-refractivity contribution in [3.63, 3.8) is 0 Å². The first kappa shape index (κ1) is 20.4. The molecule has 0 amide bonds. The van der Waals surface area contributed by atoms with Crippen LogP contribution in [-0.4, -0.2) is 23.6 Å². The highest BCUT2D eigenvalue weighted by molar-refractivity contribution is 5.90. The molecular formula is C19H11F6NO3. The second-order valence-electron chi connectivity index (χ2n) is 5.79. The van der Waals surface area contributed by atoms with Gasteiger partial charge in [0, 0.05) is 5.56 Å². The molecule has 0 saturated carbocycles. The number of benzene rings is 2. The minimum Gasteiger partial charge on any atom is -0.405 e. The van der Waals surface area contributed by atoms with Crippen LogP contribution in [-0.2, 0) is 5.67 Å². The molecule has 0 bridgehead atoms. The number of oxazole rings is 1. The summed E-state index contributed by atoms with van der Waals surface area (Å²) in [6.07, 6.45) is -10.6. The van der Waals surface area contributed by atoms with Crippen molar-refractivity contribution in [3.05, 3.63) is 71.9 Å². The fourth-order valence-corrected chi connectivity index (χ4v) is 2.39. The van der Waals surface area contributed by atoms with Crippen LogP contribution in [0.25, 0.3) is 11.5 Å². The van der Waals surface area contributed by atoms with Gasteiger partial charge >= 0.3 is 23.8 Å². The van der Waals surface area contributed by atoms with E-state index in [4.69, 9.17) is 4.42 Å². The predicted octanol–water partition coefficient (Wildman–Crippen LogP) is 5.55. The molecule has 0 N–H and O–H groups in total. The van der Waals surface area contributed by atoms with Crippen molar-refractivity contribution in [2.24, 2.45) is 0 Å². The Kier molecular flexibility index (Phi) is 5.36. The van der Waals surface area contributed by atoms with E-state index in [-0.39, 0.29) is 11.1 Å². The van der Waals surface area contributed by atoms with Crippen molar-refractivity contribution in [2.45, 2.75) is 18.3 Å². The summed E-state index contributed by atoms with van der Waals surface area (Å²) in [4.78, 5) is 15.4. The molecule has 0 aliphatic carbocycles. The van der Waals surface area contributed by atoms with E-state index in [9.17, 15) is 31.1 Å². The highest BCUT2D eigenvalue weighted by atomic mass is 19.4. The van der Waals surface area contributed by atoms with E-state index < -0.39 is 41.8 Å². The lowest BCUT2D eigenvalue weighted by Gasteiger charge is -2.25. The maximum absolute atomic E-state index is 14.6. The van der Waals surface area contributed by atoms with Crippen LogP contribution in [0.2, 0.25) is 0 Å². The van der Waals surface area contributed by atoms with Crippen LogP contribution in [0.4, 0.5) is 26.3 Å². The number of ether oxygens (including phenoxy) is 1. The first-order valence-corrected chi connectivity index (χ1v) is 8.02. The second kappa shape index (κ2) is 7.61. The third-order valence-electron chi connectivity index (χ3n) is 3.87. The van der Waals surface area contributed by atoms with Crippen LogP contribution in [0.15, 0.2) is 65.1 Å². The van der Waals surface area contributed by atoms with Gasteiger partial charge in [-0.15, -0.1) is 0 Å². The van der Waals surface area contributed by atoms with Crippen LogP contribution in [0, 0.1) is 0 Å². The number of carbonyl (C=O) groups is 1. The summed E-state index contributed by atoms with van der Waals surface area (Å²) < 4.78 is 90.3. The van der Waals surface area contributed by atoms with Crippen LogP contribution in [0.3, 0.4) is 0 Å². The SMILES string of the molecule is O=C(Oc1oc(-c2ccccc2)nc1C(F)(C(F)F)C(F)(F)F)c1ccccc1. The summed E-state index contributed by atoms with van der Waals surface area (Å²) >= 11 is 0. The van der Waals surface area contributed by atoms with Crippen LogP contribution in [0.1, 0.15) is 16.1 Å². The number of rotatable bonds is 5. The van der Waals surface area contributed by atoms with Gasteiger partial charge in [0.15, 0.2) is 5.69 Å². The van der Waals surface area contributed by atoms with Crippen LogP contribution in [0.5, 0.6) is 5.95 Å². The second-order valence-corrected chi connectivity index (χ2v) is 5.79. The number of hydrogen-bond acceptors (Lipinski definition) is 4. The summed E-state index contributed by atoms with van der Waals surface area (Å²) in [5.74, 6) is -3.26. The lowest BCUT2D eigenvalue weighted by Crippen LogP contribution is -2.45. The molecule has 1 unspecified atom stereocenters. The van der Waals surface area contributed by atoms with Crippen molar-refractivity contribution in [2.75, 3.05) is 0 Å². The summed E-state index contributed by atoms with van der Waals surface area (Å²) in [5, 5.41) is 0. The lowest BCUT2D eigenvalue weighted by atomic mass is 10.0. The number of alkyl halides is 6. The molecule has 1 aromatic heterocycles. The van der Waals surface area contributed by atoms with E-state index in [2.05, 4.69) is 9.72 Å². The van der Waals surface area contributed by atoms with Gasteiger partial charge in [0.1, 0.15) is 0 Å². The first-order chi connectivity index (χ1) is 13.6. The molecular weight excluding hydrogens is 404 g/mol. The van der Waals surface area contributed by atoms with Gasteiger partial charge in [-0.25, -0.2) is 22.9 Å². The average molecular weight is 415 g/mol. The molecule has 0 fully saturated rings. The monoisotopic (exact) mass is 415 g/mol. The van der Waals surface area contributed by atoms with Crippen LogP contribution >= 0.6 is 0 Å². The summed E-state index contributed by atoms with van der Waals surface area (Å²) in [5.41, 5.74) is -7.14. The number of hydrogen-bond donors (Lipinski definition) is 0. The Bertz CT molecular complexity index is 988. The molecule has 2 aromatic carbocycles. The van der Waals surface area contributed by atoms with Gasteiger partial charge in [-0.3, -0.25) is 0 Å². The summed E-state index contributed by atoms with van der Waals surface area (Å²) in [7, 11) is 0. The topological polar surface area (TPSA) is 52.3 Å². The third kappa shape index (κ3) is 3.82. The standard InChI is InChI=1S/C19H11F6NO3/c20-17(21)18(22,19(23,24)25)13-16(29-15(27)12-9-5-2-6-10-12)28-14(26-13)11-7-3-1-4-8-11/h1-10,17H. The van der Waals surface area contributed by atoms with Gasteiger partial charge in [-0.05, 0) is 24.3 Å². The molecule has 1 heterocycles. The molecule has 0 aliphatic heterocycles. The quantitative estimate of drug-likeness (QED) is 0.405. The smallest absolute Gasteiger partial charge is 0.405 e. The molecule has 0 saturated heterocycles. The number of halogens is 6. The minimum absolute atomic E-state index is 0.0644. The van der Waals surface area contributed by atoms with Crippen molar-refractivity contribution in [1.29, 1.82) is 0 Å². The largest absolute Gasteiger partial charge is 0.434 e. The lowest BCUT2D eigenvalue weighted by molar-refractivity contribution is -0.276. The number of aromatic nitrogens is 1. The molecule has 1 atom stereocenters.